The predicted octanol–water partition coefficient (Wildman–Crippen LogP) is 0.186. The molecule has 0 radical (unpaired) electrons. The zero-order chi connectivity index (χ0) is 14.8. The molecule has 110 valence electrons. The van der Waals surface area contributed by atoms with Crippen LogP contribution >= 0.6 is 0 Å². The molecular formula is C13H26N4O2. The molecule has 0 saturated carbocycles. The first-order valence-electron chi connectivity index (χ1n) is 6.65. The van der Waals surface area contributed by atoms with Crippen molar-refractivity contribution in [1.29, 1.82) is 0 Å². The van der Waals surface area contributed by atoms with Crippen molar-refractivity contribution in [2.24, 2.45) is 11.1 Å². The Morgan fingerprint density at radius 1 is 1.05 bits per heavy atom. The van der Waals surface area contributed by atoms with E-state index in [1.807, 2.05) is 20.8 Å². The minimum absolute atomic E-state index is 0.00720. The van der Waals surface area contributed by atoms with Crippen molar-refractivity contribution in [2.75, 3.05) is 40.3 Å². The maximum atomic E-state index is 12.2. The molecule has 6 nitrogen and oxygen atoms in total. The minimum atomic E-state index is -0.497. The molecule has 0 aromatic heterocycles. The van der Waals surface area contributed by atoms with Crippen LogP contribution in [-0.4, -0.2) is 73.0 Å². The quantitative estimate of drug-likeness (QED) is 0.739. The van der Waals surface area contributed by atoms with Crippen LogP contribution in [0.25, 0.3) is 0 Å². The Morgan fingerprint density at radius 2 is 1.47 bits per heavy atom. The maximum absolute atomic E-state index is 12.2. The molecule has 1 atom stereocenters. The van der Waals surface area contributed by atoms with Crippen molar-refractivity contribution < 1.29 is 9.59 Å². The molecule has 1 rings (SSSR count). The van der Waals surface area contributed by atoms with Crippen molar-refractivity contribution in [3.63, 3.8) is 0 Å². The third-order valence-corrected chi connectivity index (χ3v) is 3.44. The van der Waals surface area contributed by atoms with E-state index in [1.165, 1.54) is 0 Å². The van der Waals surface area contributed by atoms with E-state index in [9.17, 15) is 9.59 Å². The molecule has 0 spiro atoms. The van der Waals surface area contributed by atoms with Gasteiger partial charge < -0.3 is 20.4 Å². The molecule has 0 bridgehead atoms. The average Bonchev–Trinajstić information content (AvgIpc) is 2.35. The summed E-state index contributed by atoms with van der Waals surface area (Å²) in [5.41, 5.74) is 5.75. The molecule has 1 fully saturated rings. The summed E-state index contributed by atoms with van der Waals surface area (Å²) in [7, 11) is 3.46. The van der Waals surface area contributed by atoms with E-state index in [-0.39, 0.29) is 17.4 Å². The summed E-state index contributed by atoms with van der Waals surface area (Å²) in [6.45, 7) is 8.13. The number of piperazine rings is 1. The van der Waals surface area contributed by atoms with Crippen molar-refractivity contribution in [3.8, 4) is 0 Å². The number of rotatable bonds is 1. The predicted molar refractivity (Wildman–Crippen MR) is 74.7 cm³/mol. The topological polar surface area (TPSA) is 69.9 Å². The molecule has 19 heavy (non-hydrogen) atoms. The van der Waals surface area contributed by atoms with Crippen LogP contribution in [0.2, 0.25) is 0 Å². The smallest absolute Gasteiger partial charge is 0.319 e. The zero-order valence-corrected chi connectivity index (χ0v) is 12.6. The number of nitrogens with two attached hydrogens (primary N) is 1. The van der Waals surface area contributed by atoms with Crippen molar-refractivity contribution in [2.45, 2.75) is 26.8 Å². The van der Waals surface area contributed by atoms with Gasteiger partial charge in [0.2, 0.25) is 5.91 Å². The van der Waals surface area contributed by atoms with Gasteiger partial charge in [-0.1, -0.05) is 20.8 Å². The summed E-state index contributed by atoms with van der Waals surface area (Å²) in [5.74, 6) is -0.0237. The highest BCUT2D eigenvalue weighted by molar-refractivity contribution is 5.83. The Labute approximate surface area is 115 Å². The van der Waals surface area contributed by atoms with Gasteiger partial charge in [-0.05, 0) is 5.41 Å². The summed E-state index contributed by atoms with van der Waals surface area (Å²) in [5, 5.41) is 0. The first-order chi connectivity index (χ1) is 8.64. The van der Waals surface area contributed by atoms with E-state index in [2.05, 4.69) is 0 Å². The average molecular weight is 270 g/mol. The van der Waals surface area contributed by atoms with E-state index < -0.39 is 6.04 Å². The molecule has 1 heterocycles. The SMILES string of the molecule is CN(C)C(=O)N1CCN(C(=O)[C@@H](N)C(C)(C)C)CC1. The van der Waals surface area contributed by atoms with Crippen LogP contribution in [0.5, 0.6) is 0 Å². The van der Waals surface area contributed by atoms with E-state index in [0.29, 0.717) is 26.2 Å². The number of amides is 3. The molecule has 1 saturated heterocycles. The fourth-order valence-corrected chi connectivity index (χ4v) is 1.97. The van der Waals surface area contributed by atoms with Gasteiger partial charge in [0, 0.05) is 40.3 Å². The highest BCUT2D eigenvalue weighted by atomic mass is 16.2. The summed E-state index contributed by atoms with van der Waals surface area (Å²) in [6, 6.07) is -0.504. The van der Waals surface area contributed by atoms with Gasteiger partial charge in [-0.2, -0.15) is 0 Å². The van der Waals surface area contributed by atoms with Crippen LogP contribution < -0.4 is 5.73 Å². The molecule has 1 aliphatic rings. The molecule has 0 aromatic rings. The van der Waals surface area contributed by atoms with Crippen molar-refractivity contribution >= 4 is 11.9 Å². The lowest BCUT2D eigenvalue weighted by atomic mass is 9.86. The highest BCUT2D eigenvalue weighted by Crippen LogP contribution is 2.19. The molecule has 0 aromatic carbocycles. The van der Waals surface area contributed by atoms with Crippen LogP contribution in [0, 0.1) is 5.41 Å². The Balaban J connectivity index is 2.55. The summed E-state index contributed by atoms with van der Waals surface area (Å²) in [6.07, 6.45) is 0. The first-order valence-corrected chi connectivity index (χ1v) is 6.65. The molecule has 0 aliphatic carbocycles. The summed E-state index contributed by atoms with van der Waals surface area (Å²) >= 11 is 0. The van der Waals surface area contributed by atoms with Crippen molar-refractivity contribution in [1.82, 2.24) is 14.7 Å². The first kappa shape index (κ1) is 15.8. The molecule has 0 unspecified atom stereocenters. The van der Waals surface area contributed by atoms with E-state index in [0.717, 1.165) is 0 Å². The Bertz CT molecular complexity index is 341. The number of hydrogen-bond acceptors (Lipinski definition) is 3. The fourth-order valence-electron chi connectivity index (χ4n) is 1.97. The van der Waals surface area contributed by atoms with Gasteiger partial charge in [0.15, 0.2) is 0 Å². The van der Waals surface area contributed by atoms with Gasteiger partial charge >= 0.3 is 6.03 Å². The second-order valence-electron chi connectivity index (χ2n) is 6.33. The Kier molecular flexibility index (Phi) is 4.79. The lowest BCUT2D eigenvalue weighted by Crippen LogP contribution is -2.57. The molecular weight excluding hydrogens is 244 g/mol. The highest BCUT2D eigenvalue weighted by Gasteiger charge is 2.33. The van der Waals surface area contributed by atoms with Crippen LogP contribution in [0.1, 0.15) is 20.8 Å². The van der Waals surface area contributed by atoms with Crippen LogP contribution in [0.3, 0.4) is 0 Å². The molecule has 1 aliphatic heterocycles. The summed E-state index contributed by atoms with van der Waals surface area (Å²) in [4.78, 5) is 29.1. The van der Waals surface area contributed by atoms with Gasteiger partial charge in [-0.3, -0.25) is 4.79 Å². The number of carbonyl (C=O) groups is 2. The number of hydrogen-bond donors (Lipinski definition) is 1. The second kappa shape index (κ2) is 5.77. The lowest BCUT2D eigenvalue weighted by Gasteiger charge is -2.38. The van der Waals surface area contributed by atoms with Gasteiger partial charge in [-0.15, -0.1) is 0 Å². The number of carbonyl (C=O) groups excluding carboxylic acids is 2. The maximum Gasteiger partial charge on any atom is 0.319 e. The lowest BCUT2D eigenvalue weighted by molar-refractivity contribution is -0.136. The Hall–Kier alpha value is -1.30. The van der Waals surface area contributed by atoms with Crippen LogP contribution in [0.15, 0.2) is 0 Å². The van der Waals surface area contributed by atoms with Gasteiger partial charge in [0.1, 0.15) is 0 Å². The third-order valence-electron chi connectivity index (χ3n) is 3.44. The minimum Gasteiger partial charge on any atom is -0.338 e. The van der Waals surface area contributed by atoms with Crippen LogP contribution in [0.4, 0.5) is 4.79 Å². The zero-order valence-electron chi connectivity index (χ0n) is 12.6. The molecule has 3 amide bonds. The standard InChI is InChI=1S/C13H26N4O2/c1-13(2,3)10(14)11(18)16-6-8-17(9-7-16)12(19)15(4)5/h10H,6-9,14H2,1-5H3/t10-/m1/s1. The Morgan fingerprint density at radius 3 is 1.84 bits per heavy atom. The van der Waals surface area contributed by atoms with Gasteiger partial charge in [0.25, 0.3) is 0 Å². The monoisotopic (exact) mass is 270 g/mol. The van der Waals surface area contributed by atoms with E-state index in [4.69, 9.17) is 5.73 Å². The third kappa shape index (κ3) is 3.83. The largest absolute Gasteiger partial charge is 0.338 e. The van der Waals surface area contributed by atoms with E-state index >= 15 is 0 Å². The second-order valence-corrected chi connectivity index (χ2v) is 6.33. The van der Waals surface area contributed by atoms with Gasteiger partial charge in [-0.25, -0.2) is 4.79 Å². The normalized spacial score (nSPS) is 18.2. The van der Waals surface area contributed by atoms with E-state index in [1.54, 1.807) is 28.8 Å². The summed E-state index contributed by atoms with van der Waals surface area (Å²) < 4.78 is 0. The molecule has 6 heteroatoms. The number of urea groups is 1. The number of nitrogens with zero attached hydrogens (tertiary/aromatic N) is 3. The van der Waals surface area contributed by atoms with Gasteiger partial charge in [0.05, 0.1) is 6.04 Å². The van der Waals surface area contributed by atoms with Crippen molar-refractivity contribution in [3.05, 3.63) is 0 Å². The fraction of sp³-hybridized carbons (Fsp3) is 0.846. The molecule has 2 N–H and O–H groups in total. The van der Waals surface area contributed by atoms with Crippen LogP contribution in [-0.2, 0) is 4.79 Å².